The molecule has 1 fully saturated rings. The third kappa shape index (κ3) is 6.70. The molecule has 1 radical (unpaired) electrons. The van der Waals surface area contributed by atoms with Crippen molar-refractivity contribution in [1.29, 1.82) is 0 Å². The number of aliphatic hydroxyl groups excluding tert-OH is 4. The van der Waals surface area contributed by atoms with Crippen LogP contribution in [0.5, 0.6) is 5.75 Å². The van der Waals surface area contributed by atoms with Gasteiger partial charge in [0.05, 0.1) is 0 Å². The molecular weight excluding hydrogens is 429 g/mol. The van der Waals surface area contributed by atoms with Gasteiger partial charge in [0.1, 0.15) is 0 Å². The van der Waals surface area contributed by atoms with E-state index in [0.29, 0.717) is 13.1 Å². The summed E-state index contributed by atoms with van der Waals surface area (Å²) in [6, 6.07) is 7.05. The number of aliphatic hydroxyl groups is 4. The summed E-state index contributed by atoms with van der Waals surface area (Å²) < 4.78 is 5.85. The van der Waals surface area contributed by atoms with Gasteiger partial charge in [0.2, 0.25) is 0 Å². The van der Waals surface area contributed by atoms with Crippen LogP contribution in [0.15, 0.2) is 29.3 Å². The summed E-state index contributed by atoms with van der Waals surface area (Å²) in [4.78, 5) is 6.31. The van der Waals surface area contributed by atoms with E-state index in [1.807, 2.05) is 29.2 Å². The van der Waals surface area contributed by atoms with E-state index in [-0.39, 0.29) is 13.2 Å². The van der Waals surface area contributed by atoms with Crippen molar-refractivity contribution in [2.45, 2.75) is 43.6 Å². The minimum absolute atomic E-state index is 0.249. The molecule has 9 heteroatoms. The molecule has 1 aliphatic rings. The molecule has 0 bridgehead atoms. The molecule has 157 valence electrons. The number of rotatable bonds is 9. The number of unbranched alkanes of at least 4 members (excludes halogenated alkanes) is 2. The quantitative estimate of drug-likeness (QED) is 0.147. The van der Waals surface area contributed by atoms with Crippen LogP contribution in [-0.4, -0.2) is 104 Å². The standard InChI is InChI=1S/C19H30N3O5Se/c1-27-14-7-5-13(6-8-14)21-19(28)20-9-3-2-4-10-22-11-16(24)18(26)17(25)15(22)12-23/h5-8,15-18,23-26H,2-4,9-12H2,1H3,(H,20,21)/t15-,16+,17-,18-/m1/s1. The van der Waals surface area contributed by atoms with Crippen LogP contribution in [0.2, 0.25) is 0 Å². The Morgan fingerprint density at radius 1 is 1.18 bits per heavy atom. The number of benzene rings is 1. The molecule has 0 saturated carbocycles. The van der Waals surface area contributed by atoms with Crippen LogP contribution in [0.1, 0.15) is 19.3 Å². The van der Waals surface area contributed by atoms with Crippen molar-refractivity contribution >= 4 is 26.4 Å². The maximum absolute atomic E-state index is 9.98. The average molecular weight is 459 g/mol. The molecule has 0 spiro atoms. The Bertz CT molecular complexity index is 616. The van der Waals surface area contributed by atoms with Crippen LogP contribution in [0.3, 0.4) is 0 Å². The van der Waals surface area contributed by atoms with Gasteiger partial charge in [0.15, 0.2) is 0 Å². The average Bonchev–Trinajstić information content (AvgIpc) is 2.69. The van der Waals surface area contributed by atoms with E-state index >= 15 is 0 Å². The van der Waals surface area contributed by atoms with Gasteiger partial charge in [0.25, 0.3) is 0 Å². The first-order valence-electron chi connectivity index (χ1n) is 9.48. The van der Waals surface area contributed by atoms with Gasteiger partial charge in [-0.1, -0.05) is 0 Å². The van der Waals surface area contributed by atoms with Crippen molar-refractivity contribution in [3.63, 3.8) is 0 Å². The van der Waals surface area contributed by atoms with Gasteiger partial charge in [-0.3, -0.25) is 0 Å². The molecule has 1 aromatic carbocycles. The predicted octanol–water partition coefficient (Wildman–Crippen LogP) is -0.439. The van der Waals surface area contributed by atoms with Gasteiger partial charge in [0, 0.05) is 0 Å². The molecule has 0 aromatic heterocycles. The zero-order valence-corrected chi connectivity index (χ0v) is 17.8. The van der Waals surface area contributed by atoms with Gasteiger partial charge in [-0.05, 0) is 0 Å². The van der Waals surface area contributed by atoms with Gasteiger partial charge >= 0.3 is 174 Å². The number of piperidine rings is 1. The molecular formula is C19H30N3O5Se. The van der Waals surface area contributed by atoms with Crippen LogP contribution < -0.4 is 10.1 Å². The minimum atomic E-state index is -1.21. The molecule has 5 N–H and O–H groups in total. The first kappa shape index (κ1) is 23.1. The molecule has 0 unspecified atom stereocenters. The number of methoxy groups -OCH3 is 1. The molecule has 0 aliphatic carbocycles. The number of nitrogens with one attached hydrogen (secondary N) is 1. The second-order valence-electron chi connectivity index (χ2n) is 6.89. The number of ether oxygens (including phenoxy) is 1. The van der Waals surface area contributed by atoms with E-state index in [1.165, 1.54) is 0 Å². The maximum atomic E-state index is 9.98. The van der Waals surface area contributed by atoms with Crippen molar-refractivity contribution in [3.05, 3.63) is 24.3 Å². The first-order chi connectivity index (χ1) is 13.5. The summed E-state index contributed by atoms with van der Waals surface area (Å²) in [5.41, 5.74) is 0.928. The van der Waals surface area contributed by atoms with Crippen LogP contribution in [0, 0.1) is 0 Å². The fourth-order valence-electron chi connectivity index (χ4n) is 3.26. The van der Waals surface area contributed by atoms with Crippen molar-refractivity contribution in [1.82, 2.24) is 4.90 Å². The van der Waals surface area contributed by atoms with Crippen molar-refractivity contribution in [2.24, 2.45) is 4.99 Å². The van der Waals surface area contributed by atoms with E-state index in [0.717, 1.165) is 35.4 Å². The summed E-state index contributed by atoms with van der Waals surface area (Å²) in [5, 5.41) is 42.2. The third-order valence-corrected chi connectivity index (χ3v) is 5.40. The van der Waals surface area contributed by atoms with Crippen LogP contribution in [-0.2, 0) is 0 Å². The number of β-amino-alcohol motifs (C(OH)–C–C–N with tert-alkyl or cyclic N) is 1. The molecule has 8 nitrogen and oxygen atoms in total. The van der Waals surface area contributed by atoms with Crippen molar-refractivity contribution in [3.8, 4) is 5.75 Å². The summed E-state index contributed by atoms with van der Waals surface area (Å²) in [5.74, 6) is 0.802. The monoisotopic (exact) mass is 460 g/mol. The van der Waals surface area contributed by atoms with Gasteiger partial charge in [-0.15, -0.1) is 0 Å². The summed E-state index contributed by atoms with van der Waals surface area (Å²) in [7, 11) is 1.63. The molecule has 2 rings (SSSR count). The number of nitrogens with zero attached hydrogens (tertiary/aromatic N) is 2. The second-order valence-corrected chi connectivity index (χ2v) is 7.71. The molecule has 1 aliphatic heterocycles. The van der Waals surface area contributed by atoms with Crippen LogP contribution >= 0.6 is 0 Å². The zero-order chi connectivity index (χ0) is 20.5. The Morgan fingerprint density at radius 3 is 2.54 bits per heavy atom. The topological polar surface area (TPSA) is 118 Å². The Balaban J connectivity index is 1.67. The number of amidine groups is 1. The number of likely N-dealkylation sites (tertiary alicyclic amines) is 1. The van der Waals surface area contributed by atoms with E-state index in [2.05, 4.69) is 26.3 Å². The summed E-state index contributed by atoms with van der Waals surface area (Å²) >= 11 is 2.92. The normalized spacial score (nSPS) is 26.2. The predicted molar refractivity (Wildman–Crippen MR) is 109 cm³/mol. The SMILES string of the molecule is COc1ccc(NC([Se])=NCCCCCN2C[C@H](O)[C@@H](O)[C@H](O)[C@H]2CO)cc1. The fourth-order valence-corrected chi connectivity index (χ4v) is 3.70. The van der Waals surface area contributed by atoms with Crippen molar-refractivity contribution in [2.75, 3.05) is 38.7 Å². The molecule has 1 aromatic rings. The van der Waals surface area contributed by atoms with Crippen LogP contribution in [0.25, 0.3) is 0 Å². The third-order valence-electron chi connectivity index (χ3n) is 4.92. The Morgan fingerprint density at radius 2 is 1.89 bits per heavy atom. The Hall–Kier alpha value is -1.19. The zero-order valence-electron chi connectivity index (χ0n) is 16.1. The van der Waals surface area contributed by atoms with E-state index in [4.69, 9.17) is 4.74 Å². The molecule has 1 saturated heterocycles. The molecule has 1 heterocycles. The van der Waals surface area contributed by atoms with Gasteiger partial charge < -0.3 is 0 Å². The summed E-state index contributed by atoms with van der Waals surface area (Å²) in [6.45, 7) is 1.33. The van der Waals surface area contributed by atoms with Crippen molar-refractivity contribution < 1.29 is 25.2 Å². The van der Waals surface area contributed by atoms with E-state index in [9.17, 15) is 20.4 Å². The molecule has 4 atom stereocenters. The Kier molecular flexibility index (Phi) is 9.67. The molecule has 0 amide bonds. The van der Waals surface area contributed by atoms with Gasteiger partial charge in [-0.25, -0.2) is 0 Å². The Labute approximate surface area is 174 Å². The van der Waals surface area contributed by atoms with Crippen LogP contribution in [0.4, 0.5) is 5.69 Å². The fraction of sp³-hybridized carbons (Fsp3) is 0.632. The second kappa shape index (κ2) is 11.7. The molecule has 28 heavy (non-hydrogen) atoms. The number of anilines is 1. The number of hydrogen-bond acceptors (Lipinski definition) is 7. The van der Waals surface area contributed by atoms with Gasteiger partial charge in [-0.2, -0.15) is 0 Å². The van der Waals surface area contributed by atoms with E-state index < -0.39 is 24.4 Å². The first-order valence-corrected chi connectivity index (χ1v) is 10.3. The summed E-state index contributed by atoms with van der Waals surface area (Å²) in [6.07, 6.45) is -0.648. The number of hydrogen-bond donors (Lipinski definition) is 5. The number of aliphatic imine (C=N–C) groups is 1. The van der Waals surface area contributed by atoms with E-state index in [1.54, 1.807) is 7.11 Å².